The lowest BCUT2D eigenvalue weighted by molar-refractivity contribution is 0.0340. The molecule has 2 aliphatic rings. The summed E-state index contributed by atoms with van der Waals surface area (Å²) in [7, 11) is 0. The van der Waals surface area contributed by atoms with E-state index in [1.807, 2.05) is 42.2 Å². The molecular formula is C22H26N4O3. The predicted octanol–water partition coefficient (Wildman–Crippen LogP) is 3.27. The van der Waals surface area contributed by atoms with Gasteiger partial charge in [0, 0.05) is 31.7 Å². The van der Waals surface area contributed by atoms with Crippen LogP contribution in [-0.2, 0) is 11.3 Å². The van der Waals surface area contributed by atoms with Crippen LogP contribution in [-0.4, -0.2) is 58.5 Å². The maximum absolute atomic E-state index is 13.3. The van der Waals surface area contributed by atoms with Crippen molar-refractivity contribution in [3.05, 3.63) is 53.2 Å². The average molecular weight is 394 g/mol. The van der Waals surface area contributed by atoms with Gasteiger partial charge in [0.1, 0.15) is 11.6 Å². The summed E-state index contributed by atoms with van der Waals surface area (Å²) in [4.78, 5) is 25.6. The third-order valence-electron chi connectivity index (χ3n) is 5.97. The van der Waals surface area contributed by atoms with Crippen LogP contribution >= 0.6 is 0 Å². The van der Waals surface area contributed by atoms with Gasteiger partial charge in [-0.25, -0.2) is 4.98 Å². The monoisotopic (exact) mass is 394 g/mol. The summed E-state index contributed by atoms with van der Waals surface area (Å²) in [5.41, 5.74) is 3.02. The molecule has 1 atom stereocenters. The fourth-order valence-electron chi connectivity index (χ4n) is 4.35. The second-order valence-electron chi connectivity index (χ2n) is 7.88. The van der Waals surface area contributed by atoms with Gasteiger partial charge < -0.3 is 19.0 Å². The number of carbonyl (C=O) groups is 1. The molecule has 7 nitrogen and oxygen atoms in total. The van der Waals surface area contributed by atoms with Crippen molar-refractivity contribution in [2.75, 3.05) is 32.8 Å². The summed E-state index contributed by atoms with van der Waals surface area (Å²) < 4.78 is 11.3. The maximum atomic E-state index is 13.3. The van der Waals surface area contributed by atoms with Crippen LogP contribution in [0.4, 0.5) is 0 Å². The maximum Gasteiger partial charge on any atom is 0.290 e. The molecular weight excluding hydrogens is 368 g/mol. The quantitative estimate of drug-likeness (QED) is 0.735. The number of hydrogen-bond acceptors (Lipinski definition) is 5. The number of furan rings is 1. The van der Waals surface area contributed by atoms with Crippen LogP contribution in [0.15, 0.2) is 34.7 Å². The molecule has 0 saturated carbocycles. The topological polar surface area (TPSA) is 74.6 Å². The van der Waals surface area contributed by atoms with Crippen molar-refractivity contribution in [2.24, 2.45) is 0 Å². The normalized spacial score (nSPS) is 20.6. The third-order valence-corrected chi connectivity index (χ3v) is 5.97. The van der Waals surface area contributed by atoms with Gasteiger partial charge in [-0.05, 0) is 38.0 Å². The Labute approximate surface area is 169 Å². The van der Waals surface area contributed by atoms with E-state index >= 15 is 0 Å². The number of morpholine rings is 1. The number of para-hydroxylation sites is 2. The average Bonchev–Trinajstić information content (AvgIpc) is 3.46. The first-order valence-corrected chi connectivity index (χ1v) is 10.3. The van der Waals surface area contributed by atoms with Crippen LogP contribution in [0.5, 0.6) is 0 Å². The summed E-state index contributed by atoms with van der Waals surface area (Å²) >= 11 is 0. The summed E-state index contributed by atoms with van der Waals surface area (Å²) in [5.74, 6) is 2.05. The summed E-state index contributed by atoms with van der Waals surface area (Å²) in [5, 5.41) is 0. The van der Waals surface area contributed by atoms with Gasteiger partial charge in [-0.1, -0.05) is 12.1 Å². The zero-order valence-corrected chi connectivity index (χ0v) is 16.7. The number of likely N-dealkylation sites (tertiary alicyclic amines) is 1. The fraction of sp³-hybridized carbons (Fsp3) is 0.455. The third kappa shape index (κ3) is 3.56. The van der Waals surface area contributed by atoms with Gasteiger partial charge in [0.15, 0.2) is 5.76 Å². The first-order valence-electron chi connectivity index (χ1n) is 10.3. The van der Waals surface area contributed by atoms with Crippen LogP contribution < -0.4 is 0 Å². The van der Waals surface area contributed by atoms with Crippen LogP contribution in [0.2, 0.25) is 0 Å². The molecule has 2 fully saturated rings. The molecule has 2 aromatic heterocycles. The van der Waals surface area contributed by atoms with Crippen LogP contribution in [0, 0.1) is 6.92 Å². The first kappa shape index (κ1) is 18.4. The molecule has 0 spiro atoms. The molecule has 1 amide bonds. The molecule has 3 aromatic rings. The van der Waals surface area contributed by atoms with E-state index in [0.717, 1.165) is 80.4 Å². The van der Waals surface area contributed by atoms with E-state index in [1.165, 1.54) is 0 Å². The molecule has 152 valence electrons. The zero-order valence-electron chi connectivity index (χ0n) is 16.7. The highest BCUT2D eigenvalue weighted by Gasteiger charge is 2.34. The number of H-pyrrole nitrogens is 1. The number of carbonyl (C=O) groups excluding carboxylic acids is 1. The van der Waals surface area contributed by atoms with E-state index in [9.17, 15) is 4.79 Å². The molecule has 1 N–H and O–H groups in total. The van der Waals surface area contributed by atoms with Crippen molar-refractivity contribution >= 4 is 16.9 Å². The number of rotatable bonds is 4. The first-order chi connectivity index (χ1) is 14.2. The standard InChI is InChI=1S/C22H26N4O3/c1-15-16(14-25-9-11-28-12-10-25)13-20(29-15)22(27)26-8-4-7-19(26)21-23-17-5-2-3-6-18(17)24-21/h2-3,5-6,13,19H,4,7-12,14H2,1H3,(H,23,24)/t19-/m0/s1. The van der Waals surface area contributed by atoms with E-state index in [-0.39, 0.29) is 11.9 Å². The lowest BCUT2D eigenvalue weighted by atomic mass is 10.2. The second kappa shape index (κ2) is 7.65. The molecule has 0 aliphatic carbocycles. The smallest absolute Gasteiger partial charge is 0.290 e. The number of nitrogens with zero attached hydrogens (tertiary/aromatic N) is 3. The Morgan fingerprint density at radius 3 is 2.90 bits per heavy atom. The van der Waals surface area contributed by atoms with Gasteiger partial charge >= 0.3 is 0 Å². The van der Waals surface area contributed by atoms with Gasteiger partial charge in [0.2, 0.25) is 0 Å². The Morgan fingerprint density at radius 2 is 2.07 bits per heavy atom. The van der Waals surface area contributed by atoms with Gasteiger partial charge in [-0.15, -0.1) is 0 Å². The highest BCUT2D eigenvalue weighted by atomic mass is 16.5. The van der Waals surface area contributed by atoms with Crippen LogP contribution in [0.25, 0.3) is 11.0 Å². The number of fused-ring (bicyclic) bond motifs is 1. The number of amides is 1. The SMILES string of the molecule is Cc1oc(C(=O)N2CCC[C@H]2c2nc3ccccc3[nH]2)cc1CN1CCOCC1. The zero-order chi connectivity index (χ0) is 19.8. The number of aromatic amines is 1. The minimum Gasteiger partial charge on any atom is -0.456 e. The predicted molar refractivity (Wildman–Crippen MR) is 109 cm³/mol. The Morgan fingerprint density at radius 1 is 1.24 bits per heavy atom. The number of nitrogens with one attached hydrogen (secondary N) is 1. The molecule has 0 unspecified atom stereocenters. The molecule has 2 saturated heterocycles. The largest absolute Gasteiger partial charge is 0.456 e. The van der Waals surface area contributed by atoms with E-state index in [4.69, 9.17) is 14.1 Å². The highest BCUT2D eigenvalue weighted by molar-refractivity contribution is 5.92. The fourth-order valence-corrected chi connectivity index (χ4v) is 4.35. The molecule has 4 heterocycles. The van der Waals surface area contributed by atoms with Crippen molar-refractivity contribution < 1.29 is 13.9 Å². The lowest BCUT2D eigenvalue weighted by Crippen LogP contribution is -2.35. The number of benzene rings is 1. The molecule has 7 heteroatoms. The summed E-state index contributed by atoms with van der Waals surface area (Å²) in [6, 6.07) is 9.85. The Bertz CT molecular complexity index is 985. The molecule has 29 heavy (non-hydrogen) atoms. The van der Waals surface area contributed by atoms with Crippen LogP contribution in [0.3, 0.4) is 0 Å². The number of imidazole rings is 1. The van der Waals surface area contributed by atoms with Gasteiger partial charge in [-0.3, -0.25) is 9.69 Å². The lowest BCUT2D eigenvalue weighted by Gasteiger charge is -2.26. The summed E-state index contributed by atoms with van der Waals surface area (Å²) in [6.07, 6.45) is 1.87. The minimum atomic E-state index is -0.0516. The van der Waals surface area contributed by atoms with E-state index in [1.54, 1.807) is 0 Å². The van der Waals surface area contributed by atoms with E-state index in [2.05, 4.69) is 9.88 Å². The molecule has 0 bridgehead atoms. The van der Waals surface area contributed by atoms with E-state index in [0.29, 0.717) is 5.76 Å². The molecule has 2 aliphatic heterocycles. The van der Waals surface area contributed by atoms with Crippen molar-refractivity contribution in [2.45, 2.75) is 32.4 Å². The number of aryl methyl sites for hydroxylation is 1. The van der Waals surface area contributed by atoms with Gasteiger partial charge in [0.05, 0.1) is 30.3 Å². The Hall–Kier alpha value is -2.64. The van der Waals surface area contributed by atoms with Gasteiger partial charge in [0.25, 0.3) is 5.91 Å². The number of ether oxygens (including phenoxy) is 1. The molecule has 5 rings (SSSR count). The number of aromatic nitrogens is 2. The van der Waals surface area contributed by atoms with Gasteiger partial charge in [-0.2, -0.15) is 0 Å². The minimum absolute atomic E-state index is 0.0389. The van der Waals surface area contributed by atoms with Crippen molar-refractivity contribution in [3.63, 3.8) is 0 Å². The molecule has 1 aromatic carbocycles. The summed E-state index contributed by atoms with van der Waals surface area (Å²) in [6.45, 7) is 6.79. The second-order valence-corrected chi connectivity index (χ2v) is 7.88. The highest BCUT2D eigenvalue weighted by Crippen LogP contribution is 2.33. The van der Waals surface area contributed by atoms with E-state index < -0.39 is 0 Å². The Balaban J connectivity index is 1.36. The number of hydrogen-bond donors (Lipinski definition) is 1. The van der Waals surface area contributed by atoms with Crippen molar-refractivity contribution in [1.29, 1.82) is 0 Å². The van der Waals surface area contributed by atoms with Crippen molar-refractivity contribution in [3.8, 4) is 0 Å². The molecule has 0 radical (unpaired) electrons. The Kier molecular flexibility index (Phi) is 4.85. The van der Waals surface area contributed by atoms with Crippen LogP contribution in [0.1, 0.15) is 46.6 Å². The van der Waals surface area contributed by atoms with Crippen molar-refractivity contribution in [1.82, 2.24) is 19.8 Å².